The van der Waals surface area contributed by atoms with Crippen molar-refractivity contribution >= 4 is 0 Å². The molecule has 5 nitrogen and oxygen atoms in total. The van der Waals surface area contributed by atoms with E-state index >= 15 is 0 Å². The van der Waals surface area contributed by atoms with Crippen LogP contribution in [0.25, 0.3) is 0 Å². The zero-order valence-electron chi connectivity index (χ0n) is 10.9. The van der Waals surface area contributed by atoms with Crippen LogP contribution in [0.2, 0.25) is 0 Å². The second kappa shape index (κ2) is 6.08. The van der Waals surface area contributed by atoms with Crippen molar-refractivity contribution in [1.82, 2.24) is 10.2 Å². The predicted molar refractivity (Wildman–Crippen MR) is 69.3 cm³/mol. The summed E-state index contributed by atoms with van der Waals surface area (Å²) in [5, 5.41) is 22.5. The lowest BCUT2D eigenvalue weighted by molar-refractivity contribution is 0.241. The fourth-order valence-corrected chi connectivity index (χ4v) is 2.24. The van der Waals surface area contributed by atoms with Crippen molar-refractivity contribution in [2.24, 2.45) is 0 Å². The summed E-state index contributed by atoms with van der Waals surface area (Å²) in [6, 6.07) is 1.08. The molecule has 1 heterocycles. The number of hydrogen-bond acceptors (Lipinski definition) is 5. The number of aromatic hydroxyl groups is 2. The molecule has 1 aromatic carbocycles. The topological polar surface area (TPSA) is 65.0 Å². The summed E-state index contributed by atoms with van der Waals surface area (Å²) in [6.07, 6.45) is 0.336. The molecular weight excluding hydrogens is 251 g/mol. The number of nitrogens with one attached hydrogen (secondary N) is 1. The van der Waals surface area contributed by atoms with Gasteiger partial charge in [0.15, 0.2) is 23.1 Å². The van der Waals surface area contributed by atoms with Crippen molar-refractivity contribution in [2.75, 3.05) is 39.8 Å². The number of nitrogens with zero attached hydrogens (tertiary/aromatic N) is 1. The van der Waals surface area contributed by atoms with Gasteiger partial charge in [-0.3, -0.25) is 0 Å². The first-order chi connectivity index (χ1) is 9.13. The van der Waals surface area contributed by atoms with E-state index in [-0.39, 0.29) is 17.1 Å². The summed E-state index contributed by atoms with van der Waals surface area (Å²) < 4.78 is 18.9. The zero-order chi connectivity index (χ0) is 13.8. The number of piperazine rings is 1. The van der Waals surface area contributed by atoms with Gasteiger partial charge in [-0.2, -0.15) is 0 Å². The molecule has 106 valence electrons. The van der Waals surface area contributed by atoms with Gasteiger partial charge in [0.2, 0.25) is 0 Å². The molecule has 1 aromatic rings. The third-order valence-electron chi connectivity index (χ3n) is 3.39. The van der Waals surface area contributed by atoms with Crippen molar-refractivity contribution < 1.29 is 19.3 Å². The predicted octanol–water partition coefficient (Wildman–Crippen LogP) is 0.693. The van der Waals surface area contributed by atoms with Crippen LogP contribution >= 0.6 is 0 Å². The Bertz CT molecular complexity index is 448. The van der Waals surface area contributed by atoms with E-state index in [9.17, 15) is 14.6 Å². The molecule has 0 aromatic heterocycles. The SMILES string of the molecule is COc1cc(O)c(O)c(CCN2CCNCC2)c1F. The van der Waals surface area contributed by atoms with Crippen molar-refractivity contribution in [1.29, 1.82) is 0 Å². The summed E-state index contributed by atoms with van der Waals surface area (Å²) in [5.41, 5.74) is 0.107. The Hall–Kier alpha value is -1.53. The smallest absolute Gasteiger partial charge is 0.172 e. The molecule has 0 amide bonds. The van der Waals surface area contributed by atoms with Crippen LogP contribution in [0.3, 0.4) is 0 Å². The molecule has 0 aliphatic carbocycles. The molecule has 3 N–H and O–H groups in total. The van der Waals surface area contributed by atoms with Crippen LogP contribution in [-0.4, -0.2) is 54.9 Å². The lowest BCUT2D eigenvalue weighted by Gasteiger charge is -2.27. The van der Waals surface area contributed by atoms with E-state index in [2.05, 4.69) is 10.2 Å². The van der Waals surface area contributed by atoms with Crippen LogP contribution in [0.4, 0.5) is 4.39 Å². The maximum absolute atomic E-state index is 14.0. The standard InChI is InChI=1S/C13H19FN2O3/c1-19-11-8-10(17)13(18)9(12(11)14)2-5-16-6-3-15-4-7-16/h8,15,17-18H,2-7H2,1H3. The van der Waals surface area contributed by atoms with Crippen molar-refractivity contribution in [3.05, 3.63) is 17.4 Å². The number of halogens is 1. The highest BCUT2D eigenvalue weighted by molar-refractivity contribution is 5.51. The van der Waals surface area contributed by atoms with Gasteiger partial charge < -0.3 is 25.2 Å². The minimum absolute atomic E-state index is 0.0504. The van der Waals surface area contributed by atoms with Crippen molar-refractivity contribution in [3.63, 3.8) is 0 Å². The third kappa shape index (κ3) is 3.08. The number of methoxy groups -OCH3 is 1. The molecule has 0 spiro atoms. The number of ether oxygens (including phenoxy) is 1. The molecule has 1 fully saturated rings. The van der Waals surface area contributed by atoms with Crippen LogP contribution in [0.15, 0.2) is 6.07 Å². The van der Waals surface area contributed by atoms with Gasteiger partial charge in [0, 0.05) is 44.4 Å². The maximum Gasteiger partial charge on any atom is 0.172 e. The van der Waals surface area contributed by atoms with Gasteiger partial charge in [-0.25, -0.2) is 4.39 Å². The van der Waals surface area contributed by atoms with E-state index in [0.29, 0.717) is 13.0 Å². The highest BCUT2D eigenvalue weighted by Gasteiger charge is 2.19. The Labute approximate surface area is 111 Å². The third-order valence-corrected chi connectivity index (χ3v) is 3.39. The number of phenolic OH excluding ortho intramolecular Hbond substituents is 2. The van der Waals surface area contributed by atoms with Gasteiger partial charge >= 0.3 is 0 Å². The first-order valence-corrected chi connectivity index (χ1v) is 6.34. The van der Waals surface area contributed by atoms with E-state index in [4.69, 9.17) is 4.74 Å². The second-order valence-electron chi connectivity index (χ2n) is 4.58. The normalized spacial score (nSPS) is 16.5. The number of hydrogen-bond donors (Lipinski definition) is 3. The van der Waals surface area contributed by atoms with E-state index < -0.39 is 11.6 Å². The number of benzene rings is 1. The summed E-state index contributed by atoms with van der Waals surface area (Å²) in [4.78, 5) is 2.19. The summed E-state index contributed by atoms with van der Waals surface area (Å²) in [6.45, 7) is 4.27. The molecular formula is C13H19FN2O3. The fourth-order valence-electron chi connectivity index (χ4n) is 2.24. The molecule has 0 unspecified atom stereocenters. The van der Waals surface area contributed by atoms with Gasteiger partial charge in [0.25, 0.3) is 0 Å². The lowest BCUT2D eigenvalue weighted by atomic mass is 10.1. The van der Waals surface area contributed by atoms with Crippen LogP contribution in [0.1, 0.15) is 5.56 Å². The molecule has 19 heavy (non-hydrogen) atoms. The monoisotopic (exact) mass is 270 g/mol. The Morgan fingerprint density at radius 3 is 2.68 bits per heavy atom. The average molecular weight is 270 g/mol. The average Bonchev–Trinajstić information content (AvgIpc) is 2.44. The van der Waals surface area contributed by atoms with Gasteiger partial charge in [0.1, 0.15) is 0 Å². The fraction of sp³-hybridized carbons (Fsp3) is 0.538. The van der Waals surface area contributed by atoms with E-state index in [1.54, 1.807) is 0 Å². The molecule has 0 bridgehead atoms. The lowest BCUT2D eigenvalue weighted by Crippen LogP contribution is -2.44. The highest BCUT2D eigenvalue weighted by Crippen LogP contribution is 2.37. The molecule has 0 radical (unpaired) electrons. The summed E-state index contributed by atoms with van der Waals surface area (Å²) in [7, 11) is 1.33. The van der Waals surface area contributed by atoms with E-state index in [1.165, 1.54) is 7.11 Å². The zero-order valence-corrected chi connectivity index (χ0v) is 10.9. The van der Waals surface area contributed by atoms with Crippen molar-refractivity contribution in [3.8, 4) is 17.2 Å². The molecule has 0 saturated carbocycles. The van der Waals surface area contributed by atoms with Crippen LogP contribution in [0, 0.1) is 5.82 Å². The molecule has 1 saturated heterocycles. The molecule has 1 aliphatic heterocycles. The Morgan fingerprint density at radius 2 is 2.05 bits per heavy atom. The molecule has 0 atom stereocenters. The Balaban J connectivity index is 2.12. The maximum atomic E-state index is 14.0. The van der Waals surface area contributed by atoms with Gasteiger partial charge in [0.05, 0.1) is 7.11 Å². The Morgan fingerprint density at radius 1 is 1.37 bits per heavy atom. The molecule has 1 aliphatic rings. The van der Waals surface area contributed by atoms with Crippen LogP contribution < -0.4 is 10.1 Å². The van der Waals surface area contributed by atoms with Crippen LogP contribution in [0.5, 0.6) is 17.2 Å². The minimum atomic E-state index is -0.604. The minimum Gasteiger partial charge on any atom is -0.504 e. The first-order valence-electron chi connectivity index (χ1n) is 6.34. The molecule has 2 rings (SSSR count). The second-order valence-corrected chi connectivity index (χ2v) is 4.58. The van der Waals surface area contributed by atoms with Gasteiger partial charge in [-0.15, -0.1) is 0 Å². The molecule has 6 heteroatoms. The largest absolute Gasteiger partial charge is 0.504 e. The van der Waals surface area contributed by atoms with Crippen molar-refractivity contribution in [2.45, 2.75) is 6.42 Å². The quantitative estimate of drug-likeness (QED) is 0.703. The van der Waals surface area contributed by atoms with Gasteiger partial charge in [-0.05, 0) is 6.42 Å². The van der Waals surface area contributed by atoms with E-state index in [1.807, 2.05) is 0 Å². The number of phenols is 2. The van der Waals surface area contributed by atoms with E-state index in [0.717, 1.165) is 32.2 Å². The number of rotatable bonds is 4. The summed E-state index contributed by atoms with van der Waals surface area (Å²) in [5.74, 6) is -1.40. The first kappa shape index (κ1) is 13.9. The van der Waals surface area contributed by atoms with Gasteiger partial charge in [-0.1, -0.05) is 0 Å². The Kier molecular flexibility index (Phi) is 4.44. The summed E-state index contributed by atoms with van der Waals surface area (Å²) >= 11 is 0. The van der Waals surface area contributed by atoms with Crippen LogP contribution in [-0.2, 0) is 6.42 Å². The highest BCUT2D eigenvalue weighted by atomic mass is 19.1.